The largest absolute Gasteiger partial charge is 0.384 e. The third-order valence-corrected chi connectivity index (χ3v) is 5.05. The van der Waals surface area contributed by atoms with Crippen LogP contribution in [0.5, 0.6) is 0 Å². The molecule has 1 aromatic rings. The van der Waals surface area contributed by atoms with E-state index in [-0.39, 0.29) is 10.6 Å². The molecular weight excluding hydrogens is 308 g/mol. The van der Waals surface area contributed by atoms with Crippen LogP contribution in [0.4, 0.5) is 11.4 Å². The van der Waals surface area contributed by atoms with Gasteiger partial charge in [0.1, 0.15) is 10.6 Å². The molecule has 1 aromatic carbocycles. The molecule has 1 heterocycles. The summed E-state index contributed by atoms with van der Waals surface area (Å²) in [6.07, 6.45) is 2.73. The van der Waals surface area contributed by atoms with Crippen LogP contribution in [0.3, 0.4) is 0 Å². The van der Waals surface area contributed by atoms with Crippen molar-refractivity contribution >= 4 is 21.2 Å². The Balaban J connectivity index is 2.34. The Hall–Kier alpha value is -1.67. The van der Waals surface area contributed by atoms with Crippen LogP contribution in [0.1, 0.15) is 12.8 Å². The Kier molecular flexibility index (Phi) is 5.02. The van der Waals surface area contributed by atoms with Gasteiger partial charge in [0.2, 0.25) is 0 Å². The molecule has 0 spiro atoms. The Morgan fingerprint density at radius 3 is 2.50 bits per heavy atom. The Bertz CT molecular complexity index is 651. The van der Waals surface area contributed by atoms with Crippen molar-refractivity contribution in [2.24, 2.45) is 5.92 Å². The highest BCUT2D eigenvalue weighted by Crippen LogP contribution is 2.36. The zero-order valence-electron chi connectivity index (χ0n) is 12.7. The van der Waals surface area contributed by atoms with Crippen LogP contribution in [-0.2, 0) is 14.6 Å². The van der Waals surface area contributed by atoms with Crippen molar-refractivity contribution < 1.29 is 18.1 Å². The second kappa shape index (κ2) is 6.62. The molecule has 0 atom stereocenters. The number of nitrogens with zero attached hydrogens (tertiary/aromatic N) is 2. The predicted octanol–water partition coefficient (Wildman–Crippen LogP) is 1.86. The molecule has 0 saturated carbocycles. The molecule has 2 rings (SSSR count). The van der Waals surface area contributed by atoms with E-state index in [1.165, 1.54) is 6.07 Å². The lowest BCUT2D eigenvalue weighted by Crippen LogP contribution is -2.35. The summed E-state index contributed by atoms with van der Waals surface area (Å²) < 4.78 is 28.7. The fraction of sp³-hybridized carbons (Fsp3) is 0.571. The summed E-state index contributed by atoms with van der Waals surface area (Å²) in [5, 5.41) is 11.4. The average molecular weight is 328 g/mol. The van der Waals surface area contributed by atoms with Gasteiger partial charge in [0.15, 0.2) is 9.84 Å². The molecule has 0 bridgehead atoms. The molecule has 1 saturated heterocycles. The highest BCUT2D eigenvalue weighted by Gasteiger charge is 2.30. The maximum Gasteiger partial charge on any atom is 0.311 e. The summed E-state index contributed by atoms with van der Waals surface area (Å²) in [7, 11) is -1.99. The minimum absolute atomic E-state index is 0.228. The molecule has 22 heavy (non-hydrogen) atoms. The van der Waals surface area contributed by atoms with Crippen LogP contribution in [0.25, 0.3) is 0 Å². The van der Waals surface area contributed by atoms with E-state index in [1.807, 2.05) is 4.90 Å². The normalized spacial score (nSPS) is 16.7. The summed E-state index contributed by atoms with van der Waals surface area (Å²) >= 11 is 0. The van der Waals surface area contributed by atoms with E-state index in [1.54, 1.807) is 19.2 Å². The Morgan fingerprint density at radius 1 is 1.36 bits per heavy atom. The number of ether oxygens (including phenoxy) is 1. The van der Waals surface area contributed by atoms with Crippen molar-refractivity contribution in [1.29, 1.82) is 0 Å². The number of sulfone groups is 1. The van der Waals surface area contributed by atoms with Crippen molar-refractivity contribution in [3.63, 3.8) is 0 Å². The number of rotatable bonds is 5. The summed E-state index contributed by atoms with van der Waals surface area (Å²) in [6, 6.07) is 4.46. The van der Waals surface area contributed by atoms with Gasteiger partial charge < -0.3 is 9.64 Å². The summed E-state index contributed by atoms with van der Waals surface area (Å²) in [4.78, 5) is 12.4. The van der Waals surface area contributed by atoms with Gasteiger partial charge in [-0.1, -0.05) is 6.07 Å². The highest BCUT2D eigenvalue weighted by atomic mass is 32.2. The van der Waals surface area contributed by atoms with Crippen LogP contribution >= 0.6 is 0 Å². The monoisotopic (exact) mass is 328 g/mol. The fourth-order valence-corrected chi connectivity index (χ4v) is 3.68. The number of para-hydroxylation sites is 1. The molecule has 0 N–H and O–H groups in total. The number of anilines is 1. The lowest BCUT2D eigenvalue weighted by Gasteiger charge is -2.33. The highest BCUT2D eigenvalue weighted by molar-refractivity contribution is 7.90. The molecule has 7 nitrogen and oxygen atoms in total. The minimum Gasteiger partial charge on any atom is -0.384 e. The first-order chi connectivity index (χ1) is 10.3. The van der Waals surface area contributed by atoms with Crippen molar-refractivity contribution in [3.05, 3.63) is 28.3 Å². The van der Waals surface area contributed by atoms with E-state index >= 15 is 0 Å². The molecule has 0 unspecified atom stereocenters. The number of nitro benzene ring substituents is 1. The van der Waals surface area contributed by atoms with Gasteiger partial charge in [-0.25, -0.2) is 8.42 Å². The van der Waals surface area contributed by atoms with Gasteiger partial charge in [-0.2, -0.15) is 0 Å². The van der Waals surface area contributed by atoms with E-state index in [4.69, 9.17) is 4.74 Å². The number of hydrogen-bond donors (Lipinski definition) is 0. The van der Waals surface area contributed by atoms with Crippen LogP contribution < -0.4 is 4.90 Å². The maximum absolute atomic E-state index is 11.8. The predicted molar refractivity (Wildman–Crippen MR) is 83.0 cm³/mol. The molecule has 0 radical (unpaired) electrons. The minimum atomic E-state index is -3.65. The van der Waals surface area contributed by atoms with E-state index in [0.29, 0.717) is 31.3 Å². The van der Waals surface area contributed by atoms with Gasteiger partial charge >= 0.3 is 5.69 Å². The van der Waals surface area contributed by atoms with E-state index in [0.717, 1.165) is 19.1 Å². The Labute approximate surface area is 129 Å². The molecule has 122 valence electrons. The number of benzene rings is 1. The zero-order chi connectivity index (χ0) is 16.3. The molecule has 0 aromatic heterocycles. The lowest BCUT2D eigenvalue weighted by molar-refractivity contribution is -0.387. The molecule has 1 fully saturated rings. The van der Waals surface area contributed by atoms with E-state index in [2.05, 4.69) is 0 Å². The van der Waals surface area contributed by atoms with Gasteiger partial charge in [-0.05, 0) is 30.9 Å². The number of nitro groups is 1. The standard InChI is InChI=1S/C14H20N2O5S/c1-21-10-11-6-8-15(9-7-11)12-4-3-5-13(22(2,19)20)14(12)16(17)18/h3-5,11H,6-10H2,1-2H3. The van der Waals surface area contributed by atoms with Crippen LogP contribution in [0.2, 0.25) is 0 Å². The fourth-order valence-electron chi connectivity index (χ4n) is 2.82. The smallest absolute Gasteiger partial charge is 0.311 e. The molecule has 1 aliphatic heterocycles. The third-order valence-electron chi connectivity index (χ3n) is 3.92. The second-order valence-corrected chi connectivity index (χ2v) is 7.52. The Morgan fingerprint density at radius 2 is 2.00 bits per heavy atom. The first-order valence-corrected chi connectivity index (χ1v) is 8.95. The quantitative estimate of drug-likeness (QED) is 0.605. The second-order valence-electron chi connectivity index (χ2n) is 5.54. The molecule has 0 amide bonds. The number of methoxy groups -OCH3 is 1. The van der Waals surface area contributed by atoms with Crippen LogP contribution in [0.15, 0.2) is 23.1 Å². The van der Waals surface area contributed by atoms with Gasteiger partial charge in [-0.15, -0.1) is 0 Å². The molecule has 0 aliphatic carbocycles. The molecule has 8 heteroatoms. The molecule has 1 aliphatic rings. The van der Waals surface area contributed by atoms with Gasteiger partial charge in [0.25, 0.3) is 0 Å². The first-order valence-electron chi connectivity index (χ1n) is 7.06. The van der Waals surface area contributed by atoms with Gasteiger partial charge in [0, 0.05) is 33.1 Å². The van der Waals surface area contributed by atoms with Crippen molar-refractivity contribution in [3.8, 4) is 0 Å². The van der Waals surface area contributed by atoms with Crippen molar-refractivity contribution in [1.82, 2.24) is 0 Å². The summed E-state index contributed by atoms with van der Waals surface area (Å²) in [5.41, 5.74) is 0.0546. The topological polar surface area (TPSA) is 89.8 Å². The van der Waals surface area contributed by atoms with E-state index in [9.17, 15) is 18.5 Å². The summed E-state index contributed by atoms with van der Waals surface area (Å²) in [5.74, 6) is 0.443. The first kappa shape index (κ1) is 16.7. The van der Waals surface area contributed by atoms with Gasteiger partial charge in [-0.3, -0.25) is 10.1 Å². The van der Waals surface area contributed by atoms with E-state index < -0.39 is 14.8 Å². The maximum atomic E-state index is 11.8. The average Bonchev–Trinajstić information content (AvgIpc) is 2.46. The number of piperidine rings is 1. The zero-order valence-corrected chi connectivity index (χ0v) is 13.5. The van der Waals surface area contributed by atoms with Crippen molar-refractivity contribution in [2.45, 2.75) is 17.7 Å². The molecular formula is C14H20N2O5S. The van der Waals surface area contributed by atoms with Gasteiger partial charge in [0.05, 0.1) is 4.92 Å². The van der Waals surface area contributed by atoms with Crippen molar-refractivity contribution in [2.75, 3.05) is 38.0 Å². The summed E-state index contributed by atoms with van der Waals surface area (Å²) in [6.45, 7) is 1.99. The lowest BCUT2D eigenvalue weighted by atomic mass is 9.97. The van der Waals surface area contributed by atoms with Crippen LogP contribution in [-0.4, -0.2) is 46.4 Å². The van der Waals surface area contributed by atoms with Crippen LogP contribution in [0, 0.1) is 16.0 Å². The number of hydrogen-bond acceptors (Lipinski definition) is 6. The third kappa shape index (κ3) is 3.56. The SMILES string of the molecule is COCC1CCN(c2cccc(S(C)(=O)=O)c2[N+](=O)[O-])CC1.